The second-order valence-corrected chi connectivity index (χ2v) is 5.94. The van der Waals surface area contributed by atoms with Crippen LogP contribution < -0.4 is 15.1 Å². The SMILES string of the molecule is CN1CC(c2ccccc2)Oc2cc3c(=O)c(C(=O)O)c[nH]c3nc21. The van der Waals surface area contributed by atoms with Crippen LogP contribution in [0.3, 0.4) is 0 Å². The van der Waals surface area contributed by atoms with Crippen LogP contribution in [0.4, 0.5) is 5.82 Å². The van der Waals surface area contributed by atoms with E-state index in [1.54, 1.807) is 6.07 Å². The lowest BCUT2D eigenvalue weighted by molar-refractivity contribution is 0.0695. The van der Waals surface area contributed by atoms with Gasteiger partial charge in [-0.1, -0.05) is 30.3 Å². The minimum atomic E-state index is -1.28. The number of pyridine rings is 2. The molecule has 0 fully saturated rings. The Hall–Kier alpha value is -3.35. The Bertz CT molecular complexity index is 1030. The van der Waals surface area contributed by atoms with Crippen molar-refractivity contribution in [2.45, 2.75) is 6.10 Å². The maximum absolute atomic E-state index is 12.4. The molecule has 7 heteroatoms. The third-order valence-corrected chi connectivity index (χ3v) is 4.28. The fourth-order valence-electron chi connectivity index (χ4n) is 3.01. The van der Waals surface area contributed by atoms with Gasteiger partial charge >= 0.3 is 5.97 Å². The summed E-state index contributed by atoms with van der Waals surface area (Å²) in [6.07, 6.45) is 0.975. The topological polar surface area (TPSA) is 95.5 Å². The van der Waals surface area contributed by atoms with E-state index < -0.39 is 11.4 Å². The smallest absolute Gasteiger partial charge is 0.341 e. The van der Waals surface area contributed by atoms with Crippen LogP contribution >= 0.6 is 0 Å². The zero-order chi connectivity index (χ0) is 17.6. The van der Waals surface area contributed by atoms with Crippen molar-refractivity contribution in [3.63, 3.8) is 0 Å². The highest BCUT2D eigenvalue weighted by molar-refractivity contribution is 5.92. The van der Waals surface area contributed by atoms with E-state index in [2.05, 4.69) is 9.97 Å². The molecule has 126 valence electrons. The van der Waals surface area contributed by atoms with Crippen LogP contribution in [0.25, 0.3) is 11.0 Å². The summed E-state index contributed by atoms with van der Waals surface area (Å²) in [5, 5.41) is 9.31. The molecule has 1 aromatic carbocycles. The highest BCUT2D eigenvalue weighted by Gasteiger charge is 2.27. The molecule has 0 spiro atoms. The number of aromatic carboxylic acids is 1. The van der Waals surface area contributed by atoms with Gasteiger partial charge in [0.1, 0.15) is 17.3 Å². The van der Waals surface area contributed by atoms with Crippen molar-refractivity contribution in [1.82, 2.24) is 9.97 Å². The van der Waals surface area contributed by atoms with Gasteiger partial charge in [0.05, 0.1) is 11.9 Å². The van der Waals surface area contributed by atoms with E-state index in [-0.39, 0.29) is 17.1 Å². The molecule has 1 aliphatic heterocycles. The second kappa shape index (κ2) is 5.62. The Kier molecular flexibility index (Phi) is 3.42. The highest BCUT2D eigenvalue weighted by atomic mass is 16.5. The molecule has 1 atom stereocenters. The summed E-state index contributed by atoms with van der Waals surface area (Å²) in [6, 6.07) is 11.3. The lowest BCUT2D eigenvalue weighted by atomic mass is 10.1. The number of carbonyl (C=O) groups is 1. The number of likely N-dealkylation sites (N-methyl/N-ethyl adjacent to an activating group) is 1. The summed E-state index contributed by atoms with van der Waals surface area (Å²) in [5.41, 5.74) is 0.457. The van der Waals surface area contributed by atoms with E-state index in [9.17, 15) is 9.59 Å². The predicted octanol–water partition coefficient (Wildman–Crippen LogP) is 2.19. The lowest BCUT2D eigenvalue weighted by Gasteiger charge is -2.33. The number of aromatic amines is 1. The Morgan fingerprint density at radius 1 is 1.36 bits per heavy atom. The number of hydrogen-bond donors (Lipinski definition) is 2. The first-order valence-electron chi connectivity index (χ1n) is 7.77. The molecule has 2 N–H and O–H groups in total. The van der Waals surface area contributed by atoms with Gasteiger partial charge in [-0.15, -0.1) is 0 Å². The maximum atomic E-state index is 12.4. The molecule has 0 saturated heterocycles. The molecule has 4 rings (SSSR count). The van der Waals surface area contributed by atoms with Gasteiger partial charge in [0.2, 0.25) is 5.43 Å². The predicted molar refractivity (Wildman–Crippen MR) is 92.4 cm³/mol. The Morgan fingerprint density at radius 3 is 2.84 bits per heavy atom. The van der Waals surface area contributed by atoms with Gasteiger partial charge in [-0.3, -0.25) is 4.79 Å². The fourth-order valence-corrected chi connectivity index (χ4v) is 3.01. The normalized spacial score (nSPS) is 16.4. The van der Waals surface area contributed by atoms with E-state index >= 15 is 0 Å². The summed E-state index contributed by atoms with van der Waals surface area (Å²) in [4.78, 5) is 32.7. The number of hydrogen-bond acceptors (Lipinski definition) is 5. The third kappa shape index (κ3) is 2.50. The third-order valence-electron chi connectivity index (χ3n) is 4.28. The molecule has 1 unspecified atom stereocenters. The molecule has 3 heterocycles. The van der Waals surface area contributed by atoms with Gasteiger partial charge in [0, 0.05) is 13.2 Å². The molecular weight excluding hydrogens is 322 g/mol. The largest absolute Gasteiger partial charge is 0.480 e. The zero-order valence-corrected chi connectivity index (χ0v) is 13.4. The number of carboxylic acids is 1. The van der Waals surface area contributed by atoms with Crippen LogP contribution in [-0.2, 0) is 0 Å². The van der Waals surface area contributed by atoms with Crippen LogP contribution in [0.15, 0.2) is 47.4 Å². The van der Waals surface area contributed by atoms with E-state index in [4.69, 9.17) is 9.84 Å². The fraction of sp³-hybridized carbons (Fsp3) is 0.167. The van der Waals surface area contributed by atoms with Crippen LogP contribution in [0, 0.1) is 0 Å². The van der Waals surface area contributed by atoms with Gasteiger partial charge in [-0.05, 0) is 11.6 Å². The molecule has 0 amide bonds. The number of fused-ring (bicyclic) bond motifs is 2. The minimum absolute atomic E-state index is 0.195. The molecule has 3 aromatic rings. The summed E-state index contributed by atoms with van der Waals surface area (Å²) in [5.74, 6) is -0.206. The zero-order valence-electron chi connectivity index (χ0n) is 13.4. The summed E-state index contributed by atoms with van der Waals surface area (Å²) >= 11 is 0. The van der Waals surface area contributed by atoms with Crippen molar-refractivity contribution in [2.75, 3.05) is 18.5 Å². The first-order chi connectivity index (χ1) is 12.0. The second-order valence-electron chi connectivity index (χ2n) is 5.94. The van der Waals surface area contributed by atoms with E-state index in [0.717, 1.165) is 5.56 Å². The number of carboxylic acid groups (broad SMARTS) is 1. The maximum Gasteiger partial charge on any atom is 0.341 e. The highest BCUT2D eigenvalue weighted by Crippen LogP contribution is 2.37. The average molecular weight is 337 g/mol. The Labute approximate surface area is 142 Å². The van der Waals surface area contributed by atoms with Crippen molar-refractivity contribution in [3.05, 3.63) is 63.9 Å². The van der Waals surface area contributed by atoms with E-state index in [1.165, 1.54) is 6.20 Å². The van der Waals surface area contributed by atoms with Crippen LogP contribution in [0.5, 0.6) is 5.75 Å². The molecule has 1 aliphatic rings. The minimum Gasteiger partial charge on any atom is -0.480 e. The standard InChI is InChI=1S/C18H15N3O4/c1-21-9-14(10-5-3-2-4-6-10)25-13-7-11-15(22)12(18(23)24)8-19-16(11)20-17(13)21/h2-8,14H,9H2,1H3,(H,23,24)(H,19,20,22). The van der Waals surface area contributed by atoms with Crippen LogP contribution in [-0.4, -0.2) is 34.6 Å². The number of anilines is 1. The quantitative estimate of drug-likeness (QED) is 0.744. The number of aromatic nitrogens is 2. The van der Waals surface area contributed by atoms with Crippen molar-refractivity contribution in [1.29, 1.82) is 0 Å². The number of rotatable bonds is 2. The van der Waals surface area contributed by atoms with Crippen LogP contribution in [0.2, 0.25) is 0 Å². The van der Waals surface area contributed by atoms with Gasteiger partial charge in [-0.2, -0.15) is 0 Å². The van der Waals surface area contributed by atoms with Crippen molar-refractivity contribution >= 4 is 22.8 Å². The molecule has 0 saturated carbocycles. The summed E-state index contributed by atoms with van der Waals surface area (Å²) in [6.45, 7) is 0.618. The van der Waals surface area contributed by atoms with Crippen molar-refractivity contribution in [3.8, 4) is 5.75 Å². The average Bonchev–Trinajstić information content (AvgIpc) is 2.61. The van der Waals surface area contributed by atoms with Crippen molar-refractivity contribution < 1.29 is 14.6 Å². The first kappa shape index (κ1) is 15.2. The summed E-state index contributed by atoms with van der Waals surface area (Å²) < 4.78 is 6.05. The summed E-state index contributed by atoms with van der Waals surface area (Å²) in [7, 11) is 1.90. The van der Waals surface area contributed by atoms with Gasteiger partial charge in [0.25, 0.3) is 0 Å². The van der Waals surface area contributed by atoms with Gasteiger partial charge in [0.15, 0.2) is 11.6 Å². The molecule has 0 radical (unpaired) electrons. The molecule has 7 nitrogen and oxygen atoms in total. The van der Waals surface area contributed by atoms with Gasteiger partial charge < -0.3 is 19.7 Å². The van der Waals surface area contributed by atoms with Crippen LogP contribution in [0.1, 0.15) is 22.0 Å². The number of H-pyrrole nitrogens is 1. The van der Waals surface area contributed by atoms with E-state index in [0.29, 0.717) is 23.8 Å². The number of ether oxygens (including phenoxy) is 1. The van der Waals surface area contributed by atoms with Gasteiger partial charge in [-0.25, -0.2) is 9.78 Å². The lowest BCUT2D eigenvalue weighted by Crippen LogP contribution is -2.33. The molecular formula is C18H15N3O4. The monoisotopic (exact) mass is 337 g/mol. The Balaban J connectivity index is 1.85. The molecule has 0 aliphatic carbocycles. The number of benzene rings is 1. The first-order valence-corrected chi connectivity index (χ1v) is 7.77. The number of nitrogens with zero attached hydrogens (tertiary/aromatic N) is 2. The Morgan fingerprint density at radius 2 is 2.12 bits per heavy atom. The van der Waals surface area contributed by atoms with E-state index in [1.807, 2.05) is 42.3 Å². The molecule has 2 aromatic heterocycles. The molecule has 25 heavy (non-hydrogen) atoms. The van der Waals surface area contributed by atoms with Crippen molar-refractivity contribution in [2.24, 2.45) is 0 Å². The molecule has 0 bridgehead atoms. The number of nitrogens with one attached hydrogen (secondary N) is 1.